The molecule has 0 unspecified atom stereocenters. The topological polar surface area (TPSA) is 0 Å². The van der Waals surface area contributed by atoms with E-state index in [2.05, 4.69) is 33.9 Å². The maximum atomic E-state index is 3.74. The highest BCUT2D eigenvalue weighted by Crippen LogP contribution is 1.96. The molecule has 0 aromatic heterocycles. The smallest absolute Gasteiger partial charge is 0.0328 e. The number of hydrogen-bond donors (Lipinski definition) is 0. The fraction of sp³-hybridized carbons (Fsp3) is 0.600. The van der Waals surface area contributed by atoms with Crippen LogP contribution in [0, 0.1) is 0 Å². The molecule has 0 atom stereocenters. The number of allylic oxidation sites excluding steroid dienone is 2. The van der Waals surface area contributed by atoms with Gasteiger partial charge in [-0.05, 0) is 19.8 Å². The van der Waals surface area contributed by atoms with Crippen LogP contribution in [0.3, 0.4) is 0 Å². The molecule has 0 bridgehead atoms. The van der Waals surface area contributed by atoms with Crippen molar-refractivity contribution in [2.24, 2.45) is 0 Å². The Labute approximate surface area is 65.7 Å². The molecule has 0 spiro atoms. The average molecular weight is 140 g/mol. The second kappa shape index (κ2) is 11.3. The molecule has 0 heterocycles. The summed E-state index contributed by atoms with van der Waals surface area (Å²) in [6, 6.07) is 0. The van der Waals surface area contributed by atoms with Gasteiger partial charge < -0.3 is 0 Å². The Morgan fingerprint density at radius 1 is 1.40 bits per heavy atom. The molecule has 0 aliphatic heterocycles. The van der Waals surface area contributed by atoms with Gasteiger partial charge in [0, 0.05) is 0 Å². The van der Waals surface area contributed by atoms with E-state index in [-0.39, 0.29) is 0 Å². The zero-order valence-electron chi connectivity index (χ0n) is 7.61. The Hall–Kier alpha value is -0.520. The molecule has 0 aromatic rings. The third kappa shape index (κ3) is 25.9. The summed E-state index contributed by atoms with van der Waals surface area (Å²) in [5, 5.41) is 0. The van der Waals surface area contributed by atoms with Crippen LogP contribution in [-0.4, -0.2) is 0 Å². The summed E-state index contributed by atoms with van der Waals surface area (Å²) in [4.78, 5) is 0. The second-order valence-electron chi connectivity index (χ2n) is 2.40. The first-order chi connectivity index (χ1) is 4.68. The molecule has 0 saturated heterocycles. The van der Waals surface area contributed by atoms with Gasteiger partial charge in [-0.15, -0.1) is 13.2 Å². The van der Waals surface area contributed by atoms with Crippen LogP contribution in [-0.2, 0) is 0 Å². The first-order valence-corrected chi connectivity index (χ1v) is 3.94. The summed E-state index contributed by atoms with van der Waals surface area (Å²) >= 11 is 0. The maximum Gasteiger partial charge on any atom is -0.0328 e. The maximum absolute atomic E-state index is 3.74. The Morgan fingerprint density at radius 2 is 1.80 bits per heavy atom. The van der Waals surface area contributed by atoms with Crippen LogP contribution in [0.1, 0.15) is 40.0 Å². The molecular formula is C10H20. The molecule has 0 nitrogen and oxygen atoms in total. The van der Waals surface area contributed by atoms with E-state index < -0.39 is 0 Å². The van der Waals surface area contributed by atoms with Gasteiger partial charge >= 0.3 is 0 Å². The van der Waals surface area contributed by atoms with Crippen LogP contribution in [0.25, 0.3) is 0 Å². The van der Waals surface area contributed by atoms with E-state index in [1.165, 1.54) is 18.4 Å². The lowest BCUT2D eigenvalue weighted by atomic mass is 10.2. The lowest BCUT2D eigenvalue weighted by Crippen LogP contribution is -1.66. The summed E-state index contributed by atoms with van der Waals surface area (Å²) in [6.07, 6.45) is 5.37. The molecule has 0 saturated carbocycles. The highest BCUT2D eigenvalue weighted by Gasteiger charge is 1.76. The summed E-state index contributed by atoms with van der Waals surface area (Å²) in [5.41, 5.74) is 1.29. The quantitative estimate of drug-likeness (QED) is 0.521. The molecule has 0 aliphatic rings. The normalized spacial score (nSPS) is 7.50. The fourth-order valence-corrected chi connectivity index (χ4v) is 0.427. The Bertz CT molecular complexity index is 80.0. The standard InChI is InChI=1S/C6H12.C4H8/c1-4-5-6(2)3;1-3-4-2/h2,4-5H2,1,3H3;3H,1,4H2,2H3. The first-order valence-electron chi connectivity index (χ1n) is 3.94. The van der Waals surface area contributed by atoms with Crippen LogP contribution in [0.4, 0.5) is 0 Å². The van der Waals surface area contributed by atoms with Gasteiger partial charge in [-0.1, -0.05) is 31.9 Å². The van der Waals surface area contributed by atoms with Crippen LogP contribution in [0.5, 0.6) is 0 Å². The summed E-state index contributed by atoms with van der Waals surface area (Å²) in [6.45, 7) is 13.5. The lowest BCUT2D eigenvalue weighted by molar-refractivity contribution is 0.910. The van der Waals surface area contributed by atoms with Crippen molar-refractivity contribution in [2.45, 2.75) is 40.0 Å². The second-order valence-corrected chi connectivity index (χ2v) is 2.40. The van der Waals surface area contributed by atoms with Gasteiger partial charge in [0.15, 0.2) is 0 Å². The molecule has 0 rings (SSSR count). The lowest BCUT2D eigenvalue weighted by Gasteiger charge is -1.87. The van der Waals surface area contributed by atoms with E-state index in [4.69, 9.17) is 0 Å². The largest absolute Gasteiger partial charge is 0.103 e. The average Bonchev–Trinajstić information content (AvgIpc) is 1.89. The van der Waals surface area contributed by atoms with Crippen LogP contribution in [0.15, 0.2) is 24.8 Å². The Balaban J connectivity index is 0. The van der Waals surface area contributed by atoms with Crippen molar-refractivity contribution in [3.05, 3.63) is 24.8 Å². The van der Waals surface area contributed by atoms with Crippen molar-refractivity contribution in [1.29, 1.82) is 0 Å². The van der Waals surface area contributed by atoms with E-state index in [0.29, 0.717) is 0 Å². The van der Waals surface area contributed by atoms with Gasteiger partial charge in [-0.2, -0.15) is 0 Å². The minimum Gasteiger partial charge on any atom is -0.103 e. The van der Waals surface area contributed by atoms with Crippen molar-refractivity contribution in [3.8, 4) is 0 Å². The van der Waals surface area contributed by atoms with E-state index in [9.17, 15) is 0 Å². The fourth-order valence-electron chi connectivity index (χ4n) is 0.427. The van der Waals surface area contributed by atoms with Crippen LogP contribution < -0.4 is 0 Å². The minimum atomic E-state index is 1.08. The van der Waals surface area contributed by atoms with Gasteiger partial charge in [0.05, 0.1) is 0 Å². The van der Waals surface area contributed by atoms with E-state index in [1.54, 1.807) is 0 Å². The van der Waals surface area contributed by atoms with Crippen molar-refractivity contribution in [1.82, 2.24) is 0 Å². The zero-order chi connectivity index (χ0) is 8.41. The molecule has 0 aromatic carbocycles. The van der Waals surface area contributed by atoms with Crippen molar-refractivity contribution < 1.29 is 0 Å². The Kier molecular flexibility index (Phi) is 13.8. The molecule has 0 N–H and O–H groups in total. The Morgan fingerprint density at radius 3 is 1.80 bits per heavy atom. The summed E-state index contributed by atoms with van der Waals surface area (Å²) < 4.78 is 0. The van der Waals surface area contributed by atoms with Gasteiger partial charge in [-0.3, -0.25) is 0 Å². The molecule has 0 radical (unpaired) electrons. The van der Waals surface area contributed by atoms with Crippen molar-refractivity contribution in [2.75, 3.05) is 0 Å². The molecular weight excluding hydrogens is 120 g/mol. The summed E-state index contributed by atoms with van der Waals surface area (Å²) in [5.74, 6) is 0. The van der Waals surface area contributed by atoms with E-state index in [1.807, 2.05) is 6.08 Å². The zero-order valence-corrected chi connectivity index (χ0v) is 7.61. The third-order valence-corrected chi connectivity index (χ3v) is 0.965. The highest BCUT2D eigenvalue weighted by molar-refractivity contribution is 4.86. The SMILES string of the molecule is C=C(C)CCC.C=CCC. The van der Waals surface area contributed by atoms with Crippen molar-refractivity contribution in [3.63, 3.8) is 0 Å². The summed E-state index contributed by atoms with van der Waals surface area (Å²) in [7, 11) is 0. The molecule has 60 valence electrons. The first kappa shape index (κ1) is 12.2. The molecule has 0 amide bonds. The van der Waals surface area contributed by atoms with Crippen LogP contribution in [0.2, 0.25) is 0 Å². The van der Waals surface area contributed by atoms with Crippen LogP contribution >= 0.6 is 0 Å². The van der Waals surface area contributed by atoms with E-state index >= 15 is 0 Å². The monoisotopic (exact) mass is 140 g/mol. The predicted octanol–water partition coefficient (Wildman–Crippen LogP) is 3.95. The number of hydrogen-bond acceptors (Lipinski definition) is 0. The highest BCUT2D eigenvalue weighted by atomic mass is 13.8. The van der Waals surface area contributed by atoms with Gasteiger partial charge in [0.2, 0.25) is 0 Å². The molecule has 0 fully saturated rings. The van der Waals surface area contributed by atoms with Crippen molar-refractivity contribution >= 4 is 0 Å². The van der Waals surface area contributed by atoms with Gasteiger partial charge in [0.25, 0.3) is 0 Å². The molecule has 0 aliphatic carbocycles. The van der Waals surface area contributed by atoms with Gasteiger partial charge in [-0.25, -0.2) is 0 Å². The van der Waals surface area contributed by atoms with E-state index in [0.717, 1.165) is 6.42 Å². The number of rotatable bonds is 3. The van der Waals surface area contributed by atoms with Gasteiger partial charge in [0.1, 0.15) is 0 Å². The predicted molar refractivity (Wildman–Crippen MR) is 50.2 cm³/mol. The third-order valence-electron chi connectivity index (χ3n) is 0.965. The molecule has 0 heteroatoms. The molecule has 10 heavy (non-hydrogen) atoms. The minimum absolute atomic E-state index is 1.08.